The van der Waals surface area contributed by atoms with Gasteiger partial charge < -0.3 is 4.90 Å². The van der Waals surface area contributed by atoms with Crippen LogP contribution in [0.2, 0.25) is 0 Å². The lowest BCUT2D eigenvalue weighted by molar-refractivity contribution is -0.0407. The van der Waals surface area contributed by atoms with Gasteiger partial charge in [-0.1, -0.05) is 27.4 Å². The molecule has 0 saturated carbocycles. The molecule has 0 heterocycles. The Morgan fingerprint density at radius 2 is 1.90 bits per heavy atom. The van der Waals surface area contributed by atoms with Gasteiger partial charge in [0.15, 0.2) is 0 Å². The van der Waals surface area contributed by atoms with Crippen molar-refractivity contribution in [3.05, 3.63) is 35.8 Å². The summed E-state index contributed by atoms with van der Waals surface area (Å²) in [4.78, 5) is 1.78. The van der Waals surface area contributed by atoms with Gasteiger partial charge in [-0.25, -0.2) is 13.2 Å². The molecule has 0 aromatic heterocycles. The highest BCUT2D eigenvalue weighted by Gasteiger charge is 2.31. The molecule has 1 atom stereocenters. The Kier molecular flexibility index (Phi) is 8.45. The number of nitrogens with zero attached hydrogens (tertiary/aromatic N) is 1. The van der Waals surface area contributed by atoms with Gasteiger partial charge in [-0.15, -0.1) is 0 Å². The first kappa shape index (κ1) is 19.8. The topological polar surface area (TPSA) is 3.24 Å². The summed E-state index contributed by atoms with van der Waals surface area (Å²) < 4.78 is 40.7. The Bertz CT molecular complexity index is 391. The molecule has 122 valence electrons. The van der Waals surface area contributed by atoms with Gasteiger partial charge >= 0.3 is 0 Å². The van der Waals surface area contributed by atoms with Crippen molar-refractivity contribution in [3.8, 4) is 0 Å². The zero-order valence-electron chi connectivity index (χ0n) is 13.8. The maximum atomic E-state index is 14.0. The van der Waals surface area contributed by atoms with Crippen LogP contribution in [-0.4, -0.2) is 23.9 Å². The summed E-state index contributed by atoms with van der Waals surface area (Å²) in [5.74, 6) is -3.89. The van der Waals surface area contributed by atoms with Crippen LogP contribution in [0.25, 0.3) is 0 Å². The second-order valence-corrected chi connectivity index (χ2v) is 5.56. The Morgan fingerprint density at radius 1 is 1.33 bits per heavy atom. The summed E-state index contributed by atoms with van der Waals surface area (Å²) in [5.41, 5.74) is 1.19. The Hall–Kier alpha value is -1.19. The van der Waals surface area contributed by atoms with E-state index in [1.165, 1.54) is 19.1 Å². The predicted molar refractivity (Wildman–Crippen MR) is 84.0 cm³/mol. The van der Waals surface area contributed by atoms with E-state index in [1.54, 1.807) is 11.8 Å². The number of halogens is 3. The molecule has 0 fully saturated rings. The SMILES string of the molecule is C=C/C(=C\C(F)=C(\C)CC)N(CCC)CC(C)C(C)(F)F. The first-order valence-electron chi connectivity index (χ1n) is 7.49. The zero-order chi connectivity index (χ0) is 16.6. The van der Waals surface area contributed by atoms with Crippen LogP contribution < -0.4 is 0 Å². The fraction of sp³-hybridized carbons (Fsp3) is 0.647. The van der Waals surface area contributed by atoms with Crippen molar-refractivity contribution >= 4 is 0 Å². The highest BCUT2D eigenvalue weighted by Crippen LogP contribution is 2.26. The highest BCUT2D eigenvalue weighted by atomic mass is 19.3. The molecule has 21 heavy (non-hydrogen) atoms. The fourth-order valence-corrected chi connectivity index (χ4v) is 1.79. The molecule has 0 aliphatic heterocycles. The lowest BCUT2D eigenvalue weighted by Gasteiger charge is -2.30. The van der Waals surface area contributed by atoms with Crippen molar-refractivity contribution in [1.82, 2.24) is 4.90 Å². The van der Waals surface area contributed by atoms with E-state index in [9.17, 15) is 13.2 Å². The highest BCUT2D eigenvalue weighted by molar-refractivity contribution is 5.27. The molecule has 0 aromatic carbocycles. The monoisotopic (exact) mass is 303 g/mol. The first-order valence-corrected chi connectivity index (χ1v) is 7.49. The van der Waals surface area contributed by atoms with Crippen molar-refractivity contribution in [1.29, 1.82) is 0 Å². The molecular formula is C17H28F3N. The second kappa shape index (κ2) is 8.96. The maximum Gasteiger partial charge on any atom is 0.249 e. The van der Waals surface area contributed by atoms with Gasteiger partial charge in [-0.2, -0.15) is 0 Å². The first-order chi connectivity index (χ1) is 9.67. The van der Waals surface area contributed by atoms with Crippen molar-refractivity contribution in [2.45, 2.75) is 53.4 Å². The smallest absolute Gasteiger partial charge is 0.249 e. The summed E-state index contributed by atoms with van der Waals surface area (Å²) >= 11 is 0. The summed E-state index contributed by atoms with van der Waals surface area (Å²) in [5, 5.41) is 0. The van der Waals surface area contributed by atoms with E-state index in [1.807, 2.05) is 13.8 Å². The lowest BCUT2D eigenvalue weighted by atomic mass is 10.0. The van der Waals surface area contributed by atoms with E-state index < -0.39 is 11.8 Å². The average Bonchev–Trinajstić information content (AvgIpc) is 2.41. The van der Waals surface area contributed by atoms with E-state index >= 15 is 0 Å². The Balaban J connectivity index is 5.32. The average molecular weight is 303 g/mol. The van der Waals surface area contributed by atoms with E-state index in [0.717, 1.165) is 13.3 Å². The van der Waals surface area contributed by atoms with Crippen LogP contribution in [0, 0.1) is 5.92 Å². The summed E-state index contributed by atoms with van der Waals surface area (Å²) in [6.45, 7) is 12.4. The summed E-state index contributed by atoms with van der Waals surface area (Å²) in [6, 6.07) is 0. The van der Waals surface area contributed by atoms with Crippen LogP contribution in [0.5, 0.6) is 0 Å². The molecule has 1 nitrogen and oxygen atoms in total. The van der Waals surface area contributed by atoms with E-state index in [2.05, 4.69) is 6.58 Å². The molecule has 0 spiro atoms. The fourth-order valence-electron chi connectivity index (χ4n) is 1.79. The van der Waals surface area contributed by atoms with Crippen molar-refractivity contribution in [2.75, 3.05) is 13.1 Å². The predicted octanol–water partition coefficient (Wildman–Crippen LogP) is 5.71. The van der Waals surface area contributed by atoms with E-state index in [4.69, 9.17) is 0 Å². The molecule has 0 aromatic rings. The minimum absolute atomic E-state index is 0.174. The van der Waals surface area contributed by atoms with Gasteiger partial charge in [0, 0.05) is 24.7 Å². The molecule has 0 saturated heterocycles. The molecule has 0 radical (unpaired) electrons. The molecule has 0 N–H and O–H groups in total. The van der Waals surface area contributed by atoms with E-state index in [-0.39, 0.29) is 12.4 Å². The van der Waals surface area contributed by atoms with Gasteiger partial charge in [-0.3, -0.25) is 0 Å². The van der Waals surface area contributed by atoms with Gasteiger partial charge in [-0.05, 0) is 44.4 Å². The van der Waals surface area contributed by atoms with Gasteiger partial charge in [0.2, 0.25) is 5.92 Å². The standard InChI is InChI=1S/C17H28F3N/c1-7-10-21(12-14(5)17(6,19)20)15(9-3)11-16(18)13(4)8-2/h9,11,14H,3,7-8,10,12H2,1-2,4-6H3/b15-11+,16-13+. The summed E-state index contributed by atoms with van der Waals surface area (Å²) in [6.07, 6.45) is 4.33. The zero-order valence-corrected chi connectivity index (χ0v) is 13.8. The van der Waals surface area contributed by atoms with Crippen molar-refractivity contribution in [3.63, 3.8) is 0 Å². The van der Waals surface area contributed by atoms with Crippen LogP contribution in [0.3, 0.4) is 0 Å². The van der Waals surface area contributed by atoms with Crippen LogP contribution in [0.4, 0.5) is 13.2 Å². The number of allylic oxidation sites excluding steroid dienone is 4. The molecule has 0 aliphatic rings. The Morgan fingerprint density at radius 3 is 2.29 bits per heavy atom. The molecule has 4 heteroatoms. The lowest BCUT2D eigenvalue weighted by Crippen LogP contribution is -2.35. The van der Waals surface area contributed by atoms with Crippen LogP contribution in [-0.2, 0) is 0 Å². The van der Waals surface area contributed by atoms with Crippen LogP contribution >= 0.6 is 0 Å². The van der Waals surface area contributed by atoms with E-state index in [0.29, 0.717) is 24.2 Å². The van der Waals surface area contributed by atoms with Crippen LogP contribution in [0.1, 0.15) is 47.5 Å². The number of alkyl halides is 2. The van der Waals surface area contributed by atoms with Gasteiger partial charge in [0.25, 0.3) is 0 Å². The third-order valence-electron chi connectivity index (χ3n) is 3.64. The maximum absolute atomic E-state index is 14.0. The van der Waals surface area contributed by atoms with Crippen molar-refractivity contribution in [2.24, 2.45) is 5.92 Å². The molecule has 0 aliphatic carbocycles. The number of rotatable bonds is 9. The minimum Gasteiger partial charge on any atom is -0.371 e. The third kappa shape index (κ3) is 6.87. The number of hydrogen-bond donors (Lipinski definition) is 0. The summed E-state index contributed by atoms with van der Waals surface area (Å²) in [7, 11) is 0. The normalized spacial score (nSPS) is 15.5. The molecule has 0 rings (SSSR count). The quantitative estimate of drug-likeness (QED) is 0.493. The van der Waals surface area contributed by atoms with Crippen molar-refractivity contribution < 1.29 is 13.2 Å². The Labute approximate surface area is 127 Å². The second-order valence-electron chi connectivity index (χ2n) is 5.56. The molecular weight excluding hydrogens is 275 g/mol. The third-order valence-corrected chi connectivity index (χ3v) is 3.64. The van der Waals surface area contributed by atoms with Gasteiger partial charge in [0.1, 0.15) is 5.83 Å². The molecule has 1 unspecified atom stereocenters. The van der Waals surface area contributed by atoms with Gasteiger partial charge in [0.05, 0.1) is 0 Å². The largest absolute Gasteiger partial charge is 0.371 e. The molecule has 0 amide bonds. The van der Waals surface area contributed by atoms with Crippen LogP contribution in [0.15, 0.2) is 35.8 Å². The minimum atomic E-state index is -2.76. The number of hydrogen-bond acceptors (Lipinski definition) is 1. The molecule has 0 bridgehead atoms.